The van der Waals surface area contributed by atoms with E-state index in [9.17, 15) is 9.59 Å². The summed E-state index contributed by atoms with van der Waals surface area (Å²) in [5, 5.41) is 0. The Kier molecular flexibility index (Phi) is 3.28. The number of carbonyl (C=O) groups excluding carboxylic acids is 2. The third kappa shape index (κ3) is 2.44. The minimum atomic E-state index is -0.492. The van der Waals surface area contributed by atoms with Crippen molar-refractivity contribution in [2.45, 2.75) is 26.7 Å². The summed E-state index contributed by atoms with van der Waals surface area (Å²) in [6.45, 7) is 4.78. The molecule has 2 amide bonds. The van der Waals surface area contributed by atoms with Crippen LogP contribution in [0, 0.1) is 5.92 Å². The van der Waals surface area contributed by atoms with Crippen LogP contribution in [0.2, 0.25) is 0 Å². The first-order valence-electron chi connectivity index (χ1n) is 4.62. The number of ether oxygens (including phenoxy) is 1. The number of hydrogen-bond acceptors (Lipinski definition) is 3. The van der Waals surface area contributed by atoms with Crippen molar-refractivity contribution in [3.05, 3.63) is 0 Å². The highest BCUT2D eigenvalue weighted by Gasteiger charge is 2.28. The van der Waals surface area contributed by atoms with Crippen LogP contribution in [0.3, 0.4) is 0 Å². The Bertz CT molecular complexity index is 215. The maximum absolute atomic E-state index is 11.5. The van der Waals surface area contributed by atoms with Gasteiger partial charge in [0.25, 0.3) is 0 Å². The monoisotopic (exact) mass is 185 g/mol. The Hall–Kier alpha value is -1.06. The lowest BCUT2D eigenvalue weighted by Crippen LogP contribution is -2.32. The molecule has 1 saturated heterocycles. The molecule has 0 unspecified atom stereocenters. The maximum atomic E-state index is 11.5. The molecule has 0 aromatic carbocycles. The van der Waals surface area contributed by atoms with Crippen LogP contribution in [0.4, 0.5) is 4.79 Å². The second-order valence-corrected chi connectivity index (χ2v) is 3.38. The van der Waals surface area contributed by atoms with Crippen molar-refractivity contribution in [1.29, 1.82) is 0 Å². The van der Waals surface area contributed by atoms with Crippen molar-refractivity contribution in [3.63, 3.8) is 0 Å². The Labute approximate surface area is 77.8 Å². The number of nitrogens with zero attached hydrogens (tertiary/aromatic N) is 1. The van der Waals surface area contributed by atoms with E-state index in [4.69, 9.17) is 0 Å². The van der Waals surface area contributed by atoms with E-state index in [-0.39, 0.29) is 5.91 Å². The van der Waals surface area contributed by atoms with Crippen LogP contribution in [0.25, 0.3) is 0 Å². The van der Waals surface area contributed by atoms with E-state index in [0.29, 0.717) is 25.5 Å². The summed E-state index contributed by atoms with van der Waals surface area (Å²) in [7, 11) is 0. The molecule has 1 rings (SSSR count). The summed E-state index contributed by atoms with van der Waals surface area (Å²) < 4.78 is 4.67. The fourth-order valence-electron chi connectivity index (χ4n) is 1.17. The van der Waals surface area contributed by atoms with E-state index in [1.807, 2.05) is 13.8 Å². The minimum absolute atomic E-state index is 0.114. The van der Waals surface area contributed by atoms with Gasteiger partial charge in [0.2, 0.25) is 5.91 Å². The van der Waals surface area contributed by atoms with Crippen LogP contribution in [-0.4, -0.2) is 30.1 Å². The zero-order valence-electron chi connectivity index (χ0n) is 8.08. The van der Waals surface area contributed by atoms with E-state index in [1.165, 1.54) is 4.90 Å². The van der Waals surface area contributed by atoms with Crippen molar-refractivity contribution < 1.29 is 14.3 Å². The molecule has 0 aromatic rings. The molecule has 0 saturated carbocycles. The van der Waals surface area contributed by atoms with E-state index < -0.39 is 6.09 Å². The van der Waals surface area contributed by atoms with Crippen LogP contribution < -0.4 is 0 Å². The van der Waals surface area contributed by atoms with Gasteiger partial charge in [-0.3, -0.25) is 4.79 Å². The molecular formula is C9H15NO3. The highest BCUT2D eigenvalue weighted by Crippen LogP contribution is 2.12. The normalized spacial score (nSPS) is 18.6. The molecule has 1 atom stereocenters. The lowest BCUT2D eigenvalue weighted by atomic mass is 10.0. The second kappa shape index (κ2) is 4.25. The molecule has 1 aliphatic heterocycles. The minimum Gasteiger partial charge on any atom is -0.447 e. The zero-order chi connectivity index (χ0) is 9.84. The van der Waals surface area contributed by atoms with Gasteiger partial charge in [0.15, 0.2) is 0 Å². The molecule has 0 spiro atoms. The highest BCUT2D eigenvalue weighted by atomic mass is 16.6. The molecule has 0 N–H and O–H groups in total. The Balaban J connectivity index is 2.43. The third-order valence-corrected chi connectivity index (χ3v) is 2.28. The molecule has 4 heteroatoms. The van der Waals surface area contributed by atoms with Gasteiger partial charge in [-0.05, 0) is 5.92 Å². The molecule has 0 bridgehead atoms. The van der Waals surface area contributed by atoms with E-state index in [0.717, 1.165) is 6.42 Å². The number of rotatable bonds is 3. The fraction of sp³-hybridized carbons (Fsp3) is 0.778. The Morgan fingerprint density at radius 2 is 2.38 bits per heavy atom. The maximum Gasteiger partial charge on any atom is 0.416 e. The predicted octanol–water partition coefficient (Wildman–Crippen LogP) is 1.40. The first-order chi connectivity index (χ1) is 6.15. The van der Waals surface area contributed by atoms with Gasteiger partial charge in [-0.2, -0.15) is 0 Å². The van der Waals surface area contributed by atoms with E-state index >= 15 is 0 Å². The number of imide groups is 1. The first-order valence-corrected chi connectivity index (χ1v) is 4.62. The van der Waals surface area contributed by atoms with Gasteiger partial charge in [0, 0.05) is 6.42 Å². The Morgan fingerprint density at radius 1 is 1.69 bits per heavy atom. The molecular weight excluding hydrogens is 170 g/mol. The smallest absolute Gasteiger partial charge is 0.416 e. The summed E-state index contributed by atoms with van der Waals surface area (Å²) in [6.07, 6.45) is 0.897. The number of hydrogen-bond donors (Lipinski definition) is 0. The second-order valence-electron chi connectivity index (χ2n) is 3.38. The first kappa shape index (κ1) is 10.0. The van der Waals surface area contributed by atoms with Crippen LogP contribution in [0.5, 0.6) is 0 Å². The third-order valence-electron chi connectivity index (χ3n) is 2.28. The van der Waals surface area contributed by atoms with Gasteiger partial charge >= 0.3 is 6.09 Å². The molecule has 0 aromatic heterocycles. The van der Waals surface area contributed by atoms with Crippen molar-refractivity contribution in [1.82, 2.24) is 4.90 Å². The topological polar surface area (TPSA) is 46.6 Å². The number of cyclic esters (lactones) is 1. The van der Waals surface area contributed by atoms with Gasteiger partial charge in [-0.15, -0.1) is 0 Å². The summed E-state index contributed by atoms with van der Waals surface area (Å²) >= 11 is 0. The van der Waals surface area contributed by atoms with Gasteiger partial charge in [-0.1, -0.05) is 20.3 Å². The average molecular weight is 185 g/mol. The van der Waals surface area contributed by atoms with Gasteiger partial charge in [0.1, 0.15) is 6.61 Å². The molecule has 13 heavy (non-hydrogen) atoms. The summed E-state index contributed by atoms with van der Waals surface area (Å²) in [5.74, 6) is 0.220. The number of carbonyl (C=O) groups is 2. The van der Waals surface area contributed by atoms with Crippen molar-refractivity contribution in [2.75, 3.05) is 13.2 Å². The Morgan fingerprint density at radius 3 is 2.85 bits per heavy atom. The number of amides is 2. The van der Waals surface area contributed by atoms with Crippen molar-refractivity contribution in [2.24, 2.45) is 5.92 Å². The lowest BCUT2D eigenvalue weighted by molar-refractivity contribution is -0.128. The predicted molar refractivity (Wildman–Crippen MR) is 47.1 cm³/mol. The summed E-state index contributed by atoms with van der Waals surface area (Å²) in [6, 6.07) is 0. The summed E-state index contributed by atoms with van der Waals surface area (Å²) in [4.78, 5) is 23.6. The highest BCUT2D eigenvalue weighted by molar-refractivity contribution is 5.92. The fourth-order valence-corrected chi connectivity index (χ4v) is 1.17. The molecule has 1 fully saturated rings. The molecule has 1 heterocycles. The van der Waals surface area contributed by atoms with Crippen molar-refractivity contribution in [3.8, 4) is 0 Å². The molecule has 4 nitrogen and oxygen atoms in total. The summed E-state index contributed by atoms with van der Waals surface area (Å²) in [5.41, 5.74) is 0. The van der Waals surface area contributed by atoms with Gasteiger partial charge in [0.05, 0.1) is 6.54 Å². The van der Waals surface area contributed by atoms with Crippen LogP contribution in [0.15, 0.2) is 0 Å². The molecule has 1 aliphatic rings. The molecule has 0 aliphatic carbocycles. The molecule has 0 radical (unpaired) electrons. The van der Waals surface area contributed by atoms with E-state index in [1.54, 1.807) is 0 Å². The standard InChI is InChI=1S/C9H15NO3/c1-3-7(2)6-8(11)10-4-5-13-9(10)12/h7H,3-6H2,1-2H3/t7-/m0/s1. The van der Waals surface area contributed by atoms with Crippen LogP contribution in [-0.2, 0) is 9.53 Å². The average Bonchev–Trinajstić information content (AvgIpc) is 2.51. The quantitative estimate of drug-likeness (QED) is 0.667. The largest absolute Gasteiger partial charge is 0.447 e. The SMILES string of the molecule is CC[C@H](C)CC(=O)N1CCOC1=O. The molecule has 74 valence electrons. The van der Waals surface area contributed by atoms with Gasteiger partial charge in [-0.25, -0.2) is 9.69 Å². The van der Waals surface area contributed by atoms with Crippen molar-refractivity contribution >= 4 is 12.0 Å². The van der Waals surface area contributed by atoms with E-state index in [2.05, 4.69) is 4.74 Å². The lowest BCUT2D eigenvalue weighted by Gasteiger charge is -2.13. The zero-order valence-corrected chi connectivity index (χ0v) is 8.08. The van der Waals surface area contributed by atoms with Crippen LogP contribution >= 0.6 is 0 Å². The van der Waals surface area contributed by atoms with Gasteiger partial charge < -0.3 is 4.74 Å². The van der Waals surface area contributed by atoms with Crippen LogP contribution in [0.1, 0.15) is 26.7 Å².